The lowest BCUT2D eigenvalue weighted by Gasteiger charge is -2.10. The molecule has 0 aliphatic carbocycles. The van der Waals surface area contributed by atoms with Gasteiger partial charge in [0.25, 0.3) is 0 Å². The normalized spacial score (nSPS) is 10.7. The molecule has 0 saturated heterocycles. The van der Waals surface area contributed by atoms with Crippen LogP contribution in [0, 0.1) is 12.7 Å². The summed E-state index contributed by atoms with van der Waals surface area (Å²) in [6.45, 7) is 2.90. The van der Waals surface area contributed by atoms with Gasteiger partial charge < -0.3 is 0 Å². The summed E-state index contributed by atoms with van der Waals surface area (Å²) < 4.78 is 14.8. The van der Waals surface area contributed by atoms with E-state index in [0.717, 1.165) is 17.8 Å². The SMILES string of the molecule is CC(=O)c1cc(F)c(C)cc1Sc1nc(=O)c(=O)[nH]n1C. The topological polar surface area (TPSA) is 84.8 Å². The summed E-state index contributed by atoms with van der Waals surface area (Å²) in [6, 6.07) is 2.66. The van der Waals surface area contributed by atoms with E-state index < -0.39 is 16.9 Å². The Balaban J connectivity index is 2.56. The first-order valence-electron chi connectivity index (χ1n) is 5.96. The zero-order valence-corrected chi connectivity index (χ0v) is 12.4. The van der Waals surface area contributed by atoms with Crippen molar-refractivity contribution in [1.82, 2.24) is 14.8 Å². The second kappa shape index (κ2) is 5.65. The minimum atomic E-state index is -0.918. The Morgan fingerprint density at radius 2 is 2.05 bits per heavy atom. The van der Waals surface area contributed by atoms with Crippen molar-refractivity contribution in [2.45, 2.75) is 23.9 Å². The van der Waals surface area contributed by atoms with Crippen molar-refractivity contribution in [2.75, 3.05) is 0 Å². The highest BCUT2D eigenvalue weighted by molar-refractivity contribution is 7.99. The molecule has 21 heavy (non-hydrogen) atoms. The van der Waals surface area contributed by atoms with Crippen LogP contribution in [-0.4, -0.2) is 20.5 Å². The lowest BCUT2D eigenvalue weighted by atomic mass is 10.1. The van der Waals surface area contributed by atoms with Crippen molar-refractivity contribution in [1.29, 1.82) is 0 Å². The van der Waals surface area contributed by atoms with E-state index in [1.165, 1.54) is 24.7 Å². The Labute approximate surface area is 123 Å². The smallest absolute Gasteiger partial charge is 0.294 e. The number of halogens is 1. The van der Waals surface area contributed by atoms with Crippen LogP contribution in [0.25, 0.3) is 0 Å². The number of nitrogens with zero attached hydrogens (tertiary/aromatic N) is 2. The number of Topliss-reactive ketones (excluding diaryl/α,β-unsaturated/α-hetero) is 1. The van der Waals surface area contributed by atoms with Crippen molar-refractivity contribution in [3.8, 4) is 0 Å². The van der Waals surface area contributed by atoms with Gasteiger partial charge in [0, 0.05) is 17.5 Å². The van der Waals surface area contributed by atoms with Crippen LogP contribution in [0.5, 0.6) is 0 Å². The maximum Gasteiger partial charge on any atom is 0.339 e. The fourth-order valence-electron chi connectivity index (χ4n) is 1.66. The van der Waals surface area contributed by atoms with Gasteiger partial charge in [0.05, 0.1) is 0 Å². The number of hydrogen-bond acceptors (Lipinski definition) is 5. The van der Waals surface area contributed by atoms with Crippen LogP contribution in [0.15, 0.2) is 31.8 Å². The summed E-state index contributed by atoms with van der Waals surface area (Å²) in [7, 11) is 1.51. The molecule has 1 aromatic carbocycles. The van der Waals surface area contributed by atoms with Crippen LogP contribution >= 0.6 is 11.8 Å². The molecule has 0 bridgehead atoms. The molecule has 6 nitrogen and oxygen atoms in total. The van der Waals surface area contributed by atoms with Gasteiger partial charge in [-0.3, -0.25) is 24.2 Å². The number of H-pyrrole nitrogens is 1. The Morgan fingerprint density at radius 3 is 2.67 bits per heavy atom. The van der Waals surface area contributed by atoms with Gasteiger partial charge in [0.1, 0.15) is 5.82 Å². The van der Waals surface area contributed by atoms with E-state index in [1.807, 2.05) is 0 Å². The summed E-state index contributed by atoms with van der Waals surface area (Å²) in [5.41, 5.74) is -1.18. The Kier molecular flexibility index (Phi) is 4.08. The lowest BCUT2D eigenvalue weighted by molar-refractivity contribution is 0.101. The first-order chi connectivity index (χ1) is 9.79. The molecule has 0 radical (unpaired) electrons. The highest BCUT2D eigenvalue weighted by atomic mass is 32.2. The van der Waals surface area contributed by atoms with Crippen LogP contribution in [0.2, 0.25) is 0 Å². The number of carbonyl (C=O) groups excluding carboxylic acids is 1. The highest BCUT2D eigenvalue weighted by Crippen LogP contribution is 2.30. The van der Waals surface area contributed by atoms with Crippen molar-refractivity contribution in [2.24, 2.45) is 7.05 Å². The molecule has 0 fully saturated rings. The molecule has 0 aliphatic rings. The molecule has 0 atom stereocenters. The van der Waals surface area contributed by atoms with E-state index >= 15 is 0 Å². The number of aromatic nitrogens is 3. The molecule has 2 aromatic rings. The van der Waals surface area contributed by atoms with Crippen LogP contribution < -0.4 is 11.1 Å². The maximum atomic E-state index is 13.6. The van der Waals surface area contributed by atoms with Crippen molar-refractivity contribution in [3.63, 3.8) is 0 Å². The van der Waals surface area contributed by atoms with Crippen LogP contribution in [-0.2, 0) is 7.05 Å². The second-order valence-electron chi connectivity index (χ2n) is 4.46. The van der Waals surface area contributed by atoms with Gasteiger partial charge in [0.15, 0.2) is 10.9 Å². The molecule has 1 heterocycles. The summed E-state index contributed by atoms with van der Waals surface area (Å²) in [6.07, 6.45) is 0. The Bertz CT molecular complexity index is 842. The Hall–Kier alpha value is -2.22. The van der Waals surface area contributed by atoms with Crippen LogP contribution in [0.3, 0.4) is 0 Å². The number of hydrogen-bond donors (Lipinski definition) is 1. The minimum absolute atomic E-state index is 0.198. The van der Waals surface area contributed by atoms with Gasteiger partial charge >= 0.3 is 11.1 Å². The zero-order valence-electron chi connectivity index (χ0n) is 11.6. The third-order valence-electron chi connectivity index (χ3n) is 2.79. The summed E-state index contributed by atoms with van der Waals surface area (Å²) in [5.74, 6) is -0.779. The maximum absolute atomic E-state index is 13.6. The number of carbonyl (C=O) groups is 1. The highest BCUT2D eigenvalue weighted by Gasteiger charge is 2.15. The number of aryl methyl sites for hydroxylation is 2. The molecular formula is C13H12FN3O3S. The van der Waals surface area contributed by atoms with Gasteiger partial charge in [-0.25, -0.2) is 4.39 Å². The fraction of sp³-hybridized carbons (Fsp3) is 0.231. The number of aromatic amines is 1. The molecule has 0 unspecified atom stereocenters. The zero-order chi connectivity index (χ0) is 15.7. The first kappa shape index (κ1) is 15.2. The third kappa shape index (κ3) is 3.10. The largest absolute Gasteiger partial charge is 0.339 e. The molecular weight excluding hydrogens is 297 g/mol. The van der Waals surface area contributed by atoms with Crippen molar-refractivity contribution >= 4 is 17.5 Å². The average Bonchev–Trinajstić information content (AvgIpc) is 2.39. The molecule has 110 valence electrons. The van der Waals surface area contributed by atoms with Crippen molar-refractivity contribution in [3.05, 3.63) is 49.8 Å². The molecule has 0 aliphatic heterocycles. The standard InChI is InChI=1S/C13H12FN3O3S/c1-6-4-10(8(7(2)18)5-9(6)14)21-13-15-11(19)12(20)16-17(13)3/h4-5H,1-3H3,(H,16,20). The molecule has 1 aromatic heterocycles. The van der Waals surface area contributed by atoms with Crippen molar-refractivity contribution < 1.29 is 9.18 Å². The van der Waals surface area contributed by atoms with E-state index in [1.54, 1.807) is 6.92 Å². The predicted molar refractivity (Wildman–Crippen MR) is 75.4 cm³/mol. The third-order valence-corrected chi connectivity index (χ3v) is 3.89. The number of benzene rings is 1. The average molecular weight is 309 g/mol. The molecule has 0 spiro atoms. The quantitative estimate of drug-likeness (QED) is 0.682. The molecule has 0 amide bonds. The van der Waals surface area contributed by atoms with Gasteiger partial charge in [-0.15, -0.1) is 0 Å². The van der Waals surface area contributed by atoms with E-state index in [0.29, 0.717) is 10.5 Å². The van der Waals surface area contributed by atoms with Gasteiger partial charge in [0.2, 0.25) is 0 Å². The number of rotatable bonds is 3. The van der Waals surface area contributed by atoms with E-state index in [9.17, 15) is 18.8 Å². The van der Waals surface area contributed by atoms with E-state index in [4.69, 9.17) is 0 Å². The van der Waals surface area contributed by atoms with Gasteiger partial charge in [-0.05, 0) is 43.3 Å². The van der Waals surface area contributed by atoms with Crippen LogP contribution in [0.1, 0.15) is 22.8 Å². The first-order valence-corrected chi connectivity index (χ1v) is 6.77. The monoisotopic (exact) mass is 309 g/mol. The summed E-state index contributed by atoms with van der Waals surface area (Å²) >= 11 is 1.01. The van der Waals surface area contributed by atoms with Crippen LogP contribution in [0.4, 0.5) is 4.39 Å². The molecule has 2 rings (SSSR count). The minimum Gasteiger partial charge on any atom is -0.294 e. The number of ketones is 1. The number of nitrogens with one attached hydrogen (secondary N) is 1. The molecule has 8 heteroatoms. The molecule has 0 saturated carbocycles. The van der Waals surface area contributed by atoms with E-state index in [2.05, 4.69) is 10.1 Å². The van der Waals surface area contributed by atoms with Gasteiger partial charge in [-0.2, -0.15) is 4.98 Å². The Morgan fingerprint density at radius 1 is 1.38 bits per heavy atom. The van der Waals surface area contributed by atoms with E-state index in [-0.39, 0.29) is 16.5 Å². The summed E-state index contributed by atoms with van der Waals surface area (Å²) in [4.78, 5) is 38.2. The van der Waals surface area contributed by atoms with Gasteiger partial charge in [-0.1, -0.05) is 0 Å². The second-order valence-corrected chi connectivity index (χ2v) is 5.46. The molecule has 1 N–H and O–H groups in total. The fourth-order valence-corrected chi connectivity index (χ4v) is 2.72. The lowest BCUT2D eigenvalue weighted by Crippen LogP contribution is -2.33. The summed E-state index contributed by atoms with van der Waals surface area (Å²) in [5, 5.41) is 2.51. The predicted octanol–water partition coefficient (Wildman–Crippen LogP) is 1.27.